The van der Waals surface area contributed by atoms with Crippen molar-refractivity contribution in [3.8, 4) is 0 Å². The summed E-state index contributed by atoms with van der Waals surface area (Å²) >= 11 is 5.96. The molecule has 3 heteroatoms. The first-order valence-electron chi connectivity index (χ1n) is 4.11. The Bertz CT molecular complexity index is 313. The minimum atomic E-state index is -0.0997. The number of carbonyl (C=O) groups excluding carboxylic acids is 1. The van der Waals surface area contributed by atoms with E-state index in [0.717, 1.165) is 12.0 Å². The fourth-order valence-electron chi connectivity index (χ4n) is 1.10. The number of rotatable bonds is 1. The molecule has 0 aromatic rings. The SMILES string of the molecule is CC(=O)NC1=CCC=C(C)C=C1Cl. The second-order valence-electron chi connectivity index (χ2n) is 2.98. The fourth-order valence-corrected chi connectivity index (χ4v) is 1.39. The molecule has 0 saturated carbocycles. The van der Waals surface area contributed by atoms with Gasteiger partial charge in [0.25, 0.3) is 0 Å². The Labute approximate surface area is 83.0 Å². The summed E-state index contributed by atoms with van der Waals surface area (Å²) in [5, 5.41) is 3.27. The third-order valence-electron chi connectivity index (χ3n) is 1.68. The summed E-state index contributed by atoms with van der Waals surface area (Å²) in [6.07, 6.45) is 6.60. The van der Waals surface area contributed by atoms with Crippen molar-refractivity contribution in [1.29, 1.82) is 0 Å². The first kappa shape index (κ1) is 10.1. The molecular formula is C10H12ClNO. The van der Waals surface area contributed by atoms with Gasteiger partial charge in [-0.15, -0.1) is 0 Å². The average Bonchev–Trinajstić information content (AvgIpc) is 2.13. The van der Waals surface area contributed by atoms with Crippen LogP contribution in [-0.2, 0) is 4.79 Å². The molecular weight excluding hydrogens is 186 g/mol. The van der Waals surface area contributed by atoms with Gasteiger partial charge in [0, 0.05) is 6.92 Å². The van der Waals surface area contributed by atoms with Crippen molar-refractivity contribution in [3.63, 3.8) is 0 Å². The predicted octanol–water partition coefficient (Wildman–Crippen LogP) is 2.48. The zero-order valence-electron chi connectivity index (χ0n) is 7.73. The quantitative estimate of drug-likeness (QED) is 0.688. The summed E-state index contributed by atoms with van der Waals surface area (Å²) in [5.41, 5.74) is 1.81. The van der Waals surface area contributed by atoms with Crippen molar-refractivity contribution in [2.45, 2.75) is 20.3 Å². The topological polar surface area (TPSA) is 29.1 Å². The van der Waals surface area contributed by atoms with Gasteiger partial charge in [-0.2, -0.15) is 0 Å². The van der Waals surface area contributed by atoms with E-state index in [1.54, 1.807) is 0 Å². The summed E-state index contributed by atoms with van der Waals surface area (Å²) in [6, 6.07) is 0. The highest BCUT2D eigenvalue weighted by molar-refractivity contribution is 6.32. The molecule has 70 valence electrons. The molecule has 0 aromatic heterocycles. The summed E-state index contributed by atoms with van der Waals surface area (Å²) in [7, 11) is 0. The molecule has 1 rings (SSSR count). The third-order valence-corrected chi connectivity index (χ3v) is 2.00. The number of halogens is 1. The summed E-state index contributed by atoms with van der Waals surface area (Å²) in [5.74, 6) is -0.0997. The van der Waals surface area contributed by atoms with E-state index in [9.17, 15) is 4.79 Å². The van der Waals surface area contributed by atoms with Crippen LogP contribution in [0.25, 0.3) is 0 Å². The minimum Gasteiger partial charge on any atom is -0.325 e. The van der Waals surface area contributed by atoms with Crippen LogP contribution in [0.1, 0.15) is 20.3 Å². The molecule has 0 aliphatic heterocycles. The van der Waals surface area contributed by atoms with Crippen molar-refractivity contribution in [1.82, 2.24) is 5.32 Å². The highest BCUT2D eigenvalue weighted by Gasteiger charge is 2.05. The number of hydrogen-bond donors (Lipinski definition) is 1. The Morgan fingerprint density at radius 2 is 2.23 bits per heavy atom. The Hall–Kier alpha value is -1.02. The van der Waals surface area contributed by atoms with Crippen LogP contribution >= 0.6 is 11.6 Å². The van der Waals surface area contributed by atoms with Crippen molar-refractivity contribution < 1.29 is 4.79 Å². The van der Waals surface area contributed by atoms with Crippen molar-refractivity contribution >= 4 is 17.5 Å². The summed E-state index contributed by atoms with van der Waals surface area (Å²) < 4.78 is 0. The first-order valence-corrected chi connectivity index (χ1v) is 4.49. The Kier molecular flexibility index (Phi) is 3.32. The second kappa shape index (κ2) is 4.28. The number of amides is 1. The van der Waals surface area contributed by atoms with E-state index >= 15 is 0 Å². The van der Waals surface area contributed by atoms with Gasteiger partial charge in [0.2, 0.25) is 5.91 Å². The Morgan fingerprint density at radius 3 is 2.85 bits per heavy atom. The highest BCUT2D eigenvalue weighted by Crippen LogP contribution is 2.19. The molecule has 1 N–H and O–H groups in total. The Balaban J connectivity index is 2.82. The first-order chi connectivity index (χ1) is 6.09. The molecule has 0 heterocycles. The van der Waals surface area contributed by atoms with E-state index in [1.807, 2.05) is 19.1 Å². The van der Waals surface area contributed by atoms with E-state index in [-0.39, 0.29) is 5.91 Å². The van der Waals surface area contributed by atoms with Gasteiger partial charge >= 0.3 is 0 Å². The average molecular weight is 198 g/mol. The van der Waals surface area contributed by atoms with E-state index in [2.05, 4.69) is 11.4 Å². The third kappa shape index (κ3) is 3.07. The molecule has 0 fully saturated rings. The largest absolute Gasteiger partial charge is 0.325 e. The second-order valence-corrected chi connectivity index (χ2v) is 3.38. The van der Waals surface area contributed by atoms with Gasteiger partial charge in [-0.25, -0.2) is 0 Å². The van der Waals surface area contributed by atoms with Crippen LogP contribution < -0.4 is 5.32 Å². The van der Waals surface area contributed by atoms with Gasteiger partial charge in [-0.3, -0.25) is 4.79 Å². The van der Waals surface area contributed by atoms with Gasteiger partial charge in [0.1, 0.15) is 0 Å². The van der Waals surface area contributed by atoms with Crippen LogP contribution in [0.3, 0.4) is 0 Å². The van der Waals surface area contributed by atoms with Crippen LogP contribution in [0.2, 0.25) is 0 Å². The molecule has 13 heavy (non-hydrogen) atoms. The number of hydrogen-bond acceptors (Lipinski definition) is 1. The lowest BCUT2D eigenvalue weighted by molar-refractivity contribution is -0.118. The molecule has 0 radical (unpaired) electrons. The predicted molar refractivity (Wildman–Crippen MR) is 54.2 cm³/mol. The van der Waals surface area contributed by atoms with Gasteiger partial charge in [0.15, 0.2) is 0 Å². The van der Waals surface area contributed by atoms with Crippen molar-refractivity contribution in [3.05, 3.63) is 34.5 Å². The van der Waals surface area contributed by atoms with Crippen LogP contribution in [0.5, 0.6) is 0 Å². The molecule has 2 nitrogen and oxygen atoms in total. The van der Waals surface area contributed by atoms with Gasteiger partial charge in [-0.05, 0) is 19.4 Å². The standard InChI is InChI=1S/C10H12ClNO/c1-7-4-3-5-10(9(11)6-7)12-8(2)13/h4-6H,3H2,1-2H3,(H,12,13). The highest BCUT2D eigenvalue weighted by atomic mass is 35.5. The van der Waals surface area contributed by atoms with Gasteiger partial charge < -0.3 is 5.32 Å². The maximum Gasteiger partial charge on any atom is 0.221 e. The molecule has 0 unspecified atom stereocenters. The van der Waals surface area contributed by atoms with Gasteiger partial charge in [-0.1, -0.05) is 29.3 Å². The van der Waals surface area contributed by atoms with Crippen molar-refractivity contribution in [2.75, 3.05) is 0 Å². The maximum absolute atomic E-state index is 10.8. The fraction of sp³-hybridized carbons (Fsp3) is 0.300. The molecule has 0 aromatic carbocycles. The van der Waals surface area contributed by atoms with E-state index in [1.165, 1.54) is 6.92 Å². The summed E-state index contributed by atoms with van der Waals surface area (Å²) in [6.45, 7) is 3.45. The minimum absolute atomic E-state index is 0.0997. The molecule has 0 bridgehead atoms. The monoisotopic (exact) mass is 197 g/mol. The van der Waals surface area contributed by atoms with E-state index in [4.69, 9.17) is 11.6 Å². The molecule has 0 saturated heterocycles. The molecule has 0 atom stereocenters. The molecule has 1 amide bonds. The lowest BCUT2D eigenvalue weighted by Gasteiger charge is -2.04. The lowest BCUT2D eigenvalue weighted by atomic mass is 10.2. The van der Waals surface area contributed by atoms with E-state index < -0.39 is 0 Å². The van der Waals surface area contributed by atoms with Crippen LogP contribution in [-0.4, -0.2) is 5.91 Å². The number of carbonyl (C=O) groups is 1. The van der Waals surface area contributed by atoms with E-state index in [0.29, 0.717) is 10.7 Å². The number of nitrogens with one attached hydrogen (secondary N) is 1. The van der Waals surface area contributed by atoms with Crippen LogP contribution in [0.4, 0.5) is 0 Å². The summed E-state index contributed by atoms with van der Waals surface area (Å²) in [4.78, 5) is 10.8. The van der Waals surface area contributed by atoms with Crippen molar-refractivity contribution in [2.24, 2.45) is 0 Å². The zero-order valence-corrected chi connectivity index (χ0v) is 8.48. The van der Waals surface area contributed by atoms with Crippen LogP contribution in [0.15, 0.2) is 34.5 Å². The van der Waals surface area contributed by atoms with Crippen LogP contribution in [0, 0.1) is 0 Å². The number of allylic oxidation sites excluding steroid dienone is 5. The molecule has 0 spiro atoms. The molecule has 1 aliphatic carbocycles. The normalized spacial score (nSPS) is 16.7. The Morgan fingerprint density at radius 1 is 1.54 bits per heavy atom. The smallest absolute Gasteiger partial charge is 0.221 e. The molecule has 1 aliphatic rings. The maximum atomic E-state index is 10.8. The lowest BCUT2D eigenvalue weighted by Crippen LogP contribution is -2.19. The zero-order chi connectivity index (χ0) is 9.84. The van der Waals surface area contributed by atoms with Gasteiger partial charge in [0.05, 0.1) is 10.7 Å².